The Bertz CT molecular complexity index is 8740. The molecule has 0 saturated carbocycles. The summed E-state index contributed by atoms with van der Waals surface area (Å²) in [5.41, 5.74) is 29.4. The van der Waals surface area contributed by atoms with Crippen LogP contribution in [-0.4, -0.2) is 38.2 Å². The summed E-state index contributed by atoms with van der Waals surface area (Å²) in [6.45, 7) is 0. The summed E-state index contributed by atoms with van der Waals surface area (Å²) in [6, 6.07) is 146. The minimum Gasteiger partial charge on any atom is -0.456 e. The molecule has 8 aromatic heterocycles. The molecule has 568 valence electrons. The van der Waals surface area contributed by atoms with Gasteiger partial charge < -0.3 is 27.1 Å². The van der Waals surface area contributed by atoms with Gasteiger partial charge in [0.05, 0.1) is 66.6 Å². The summed E-state index contributed by atoms with van der Waals surface area (Å²) in [5, 5.41) is 16.2. The number of hydrogen-bond acceptors (Lipinski definition) is 6. The SMILES string of the molecule is c1ccc(-c2cccc(-n3c4cc5oc6ccccc6c5cc4c4c5c6ccccc6n(-c6ccc(-c7nc(-c8ccccc8)c8ccccc8n7)cc6)c5ccc43)c2)cc1.c1ccc(-c2cccc(-n3c4ccccc4c4c5c6cc7c(cc6n(-c6ccc(-c8nc(-c9ccccc9)c9ccccc9n8)cc6)c5ccc43)oc3ccccc37)c2)cc1. The molecule has 0 bridgehead atoms. The van der Waals surface area contributed by atoms with E-state index >= 15 is 0 Å². The van der Waals surface area contributed by atoms with Crippen LogP contribution >= 0.6 is 0 Å². The Morgan fingerprint density at radius 1 is 0.164 bits per heavy atom. The fourth-order valence-electron chi connectivity index (χ4n) is 19.2. The molecule has 0 amide bonds. The highest BCUT2D eigenvalue weighted by Gasteiger charge is 2.27. The lowest BCUT2D eigenvalue weighted by molar-refractivity contribution is 0.669. The Morgan fingerprint density at radius 2 is 0.484 bits per heavy atom. The van der Waals surface area contributed by atoms with Crippen LogP contribution in [0.25, 0.3) is 243 Å². The van der Waals surface area contributed by atoms with Crippen molar-refractivity contribution in [1.29, 1.82) is 0 Å². The van der Waals surface area contributed by atoms with E-state index in [0.29, 0.717) is 11.6 Å². The van der Waals surface area contributed by atoms with Crippen molar-refractivity contribution in [1.82, 2.24) is 38.2 Å². The predicted octanol–water partition coefficient (Wildman–Crippen LogP) is 29.4. The summed E-state index contributed by atoms with van der Waals surface area (Å²) >= 11 is 0. The Balaban J connectivity index is 0.000000134. The average molecular weight is 1560 g/mol. The molecule has 10 heteroatoms. The average Bonchev–Trinajstić information content (AvgIpc) is 1.54. The number of benzene rings is 18. The number of nitrogens with zero attached hydrogens (tertiary/aromatic N) is 8. The van der Waals surface area contributed by atoms with E-state index in [4.69, 9.17) is 28.8 Å². The first-order valence-corrected chi connectivity index (χ1v) is 41.3. The monoisotopic (exact) mass is 1560 g/mol. The van der Waals surface area contributed by atoms with E-state index < -0.39 is 0 Å². The number of furan rings is 2. The molecule has 0 aliphatic rings. The fourth-order valence-corrected chi connectivity index (χ4v) is 19.2. The molecule has 0 aliphatic heterocycles. The Kier molecular flexibility index (Phi) is 15.5. The number of rotatable bonds is 10. The zero-order valence-corrected chi connectivity index (χ0v) is 65.7. The summed E-state index contributed by atoms with van der Waals surface area (Å²) in [7, 11) is 0. The largest absolute Gasteiger partial charge is 0.456 e. The molecule has 0 spiro atoms. The number of aromatic nitrogens is 8. The van der Waals surface area contributed by atoms with Gasteiger partial charge in [-0.3, -0.25) is 0 Å². The normalized spacial score (nSPS) is 11.9. The van der Waals surface area contributed by atoms with E-state index in [1.165, 1.54) is 70.9 Å². The van der Waals surface area contributed by atoms with Crippen LogP contribution in [0, 0.1) is 0 Å². The number of para-hydroxylation sites is 6. The molecule has 0 fully saturated rings. The minimum absolute atomic E-state index is 0.696. The minimum atomic E-state index is 0.696. The molecule has 0 aliphatic carbocycles. The van der Waals surface area contributed by atoms with E-state index in [9.17, 15) is 0 Å². The van der Waals surface area contributed by atoms with Gasteiger partial charge in [-0.15, -0.1) is 0 Å². The second-order valence-electron chi connectivity index (χ2n) is 31.5. The van der Waals surface area contributed by atoms with Crippen LogP contribution < -0.4 is 0 Å². The second-order valence-corrected chi connectivity index (χ2v) is 31.5. The van der Waals surface area contributed by atoms with Gasteiger partial charge >= 0.3 is 0 Å². The van der Waals surface area contributed by atoms with Crippen molar-refractivity contribution >= 4 is 153 Å². The molecule has 10 nitrogen and oxygen atoms in total. The third kappa shape index (κ3) is 10.9. The van der Waals surface area contributed by atoms with Crippen molar-refractivity contribution in [2.45, 2.75) is 0 Å². The highest BCUT2D eigenvalue weighted by atomic mass is 16.3. The summed E-state index contributed by atoms with van der Waals surface area (Å²) in [4.78, 5) is 20.4. The first kappa shape index (κ1) is 68.6. The van der Waals surface area contributed by atoms with Crippen LogP contribution in [0.1, 0.15) is 0 Å². The van der Waals surface area contributed by atoms with Crippen molar-refractivity contribution in [2.24, 2.45) is 0 Å². The molecular weight excluding hydrogens is 1490 g/mol. The van der Waals surface area contributed by atoms with Gasteiger partial charge in [0.15, 0.2) is 11.6 Å². The Hall–Kier alpha value is -16.6. The van der Waals surface area contributed by atoms with Gasteiger partial charge in [-0.25, -0.2) is 19.9 Å². The molecule has 26 aromatic rings. The molecule has 26 rings (SSSR count). The molecule has 8 heterocycles. The van der Waals surface area contributed by atoms with E-state index in [2.05, 4.69) is 382 Å². The molecule has 0 atom stereocenters. The van der Waals surface area contributed by atoms with Gasteiger partial charge in [-0.2, -0.15) is 0 Å². The van der Waals surface area contributed by atoms with Gasteiger partial charge in [0.2, 0.25) is 0 Å². The van der Waals surface area contributed by atoms with Gasteiger partial charge in [0.1, 0.15) is 22.3 Å². The van der Waals surface area contributed by atoms with Crippen LogP contribution in [0.2, 0.25) is 0 Å². The molecule has 122 heavy (non-hydrogen) atoms. The van der Waals surface area contributed by atoms with E-state index in [-0.39, 0.29) is 0 Å². The van der Waals surface area contributed by atoms with Crippen LogP contribution in [0.3, 0.4) is 0 Å². The zero-order valence-electron chi connectivity index (χ0n) is 65.7. The summed E-state index contributed by atoms with van der Waals surface area (Å²) < 4.78 is 22.7. The highest BCUT2D eigenvalue weighted by Crippen LogP contribution is 2.49. The molecule has 0 N–H and O–H groups in total. The van der Waals surface area contributed by atoms with E-state index in [0.717, 1.165) is 161 Å². The molecule has 18 aromatic carbocycles. The maximum atomic E-state index is 6.54. The molecule has 0 unspecified atom stereocenters. The van der Waals surface area contributed by atoms with Gasteiger partial charge in [-0.05, 0) is 168 Å². The lowest BCUT2D eigenvalue weighted by Gasteiger charge is -2.12. The second kappa shape index (κ2) is 27.5. The summed E-state index contributed by atoms with van der Waals surface area (Å²) in [6.07, 6.45) is 0. The van der Waals surface area contributed by atoms with Crippen LogP contribution in [0.5, 0.6) is 0 Å². The predicted molar refractivity (Wildman–Crippen MR) is 504 cm³/mol. The maximum absolute atomic E-state index is 6.54. The lowest BCUT2D eigenvalue weighted by Crippen LogP contribution is -1.97. The topological polar surface area (TPSA) is 97.6 Å². The van der Waals surface area contributed by atoms with Crippen LogP contribution in [0.4, 0.5) is 0 Å². The first-order chi connectivity index (χ1) is 60.5. The molecule has 0 radical (unpaired) electrons. The summed E-state index contributed by atoms with van der Waals surface area (Å²) in [5.74, 6) is 1.40. The first-order valence-electron chi connectivity index (χ1n) is 41.3. The molecular formula is C112H68N8O2. The van der Waals surface area contributed by atoms with E-state index in [1.807, 2.05) is 48.5 Å². The maximum Gasteiger partial charge on any atom is 0.160 e. The van der Waals surface area contributed by atoms with Crippen molar-refractivity contribution in [2.75, 3.05) is 0 Å². The highest BCUT2D eigenvalue weighted by molar-refractivity contribution is 6.32. The van der Waals surface area contributed by atoms with Gasteiger partial charge in [0, 0.05) is 133 Å². The van der Waals surface area contributed by atoms with Crippen LogP contribution in [-0.2, 0) is 0 Å². The third-order valence-electron chi connectivity index (χ3n) is 24.6. The number of hydrogen-bond donors (Lipinski definition) is 0. The fraction of sp³-hybridized carbons (Fsp3) is 0. The van der Waals surface area contributed by atoms with E-state index in [1.54, 1.807) is 0 Å². The third-order valence-corrected chi connectivity index (χ3v) is 24.6. The quantitative estimate of drug-likeness (QED) is 0.135. The van der Waals surface area contributed by atoms with Gasteiger partial charge in [0.25, 0.3) is 0 Å². The molecule has 0 saturated heterocycles. The van der Waals surface area contributed by atoms with Crippen LogP contribution in [0.15, 0.2) is 421 Å². The Morgan fingerprint density at radius 3 is 0.902 bits per heavy atom. The zero-order chi connectivity index (χ0) is 80.0. The van der Waals surface area contributed by atoms with Crippen molar-refractivity contribution < 1.29 is 8.83 Å². The van der Waals surface area contributed by atoms with Gasteiger partial charge in [-0.1, -0.05) is 255 Å². The standard InChI is InChI=1S/2C56H34N4O/c1-3-14-35(15-4-1)38-18-13-19-40(32-38)60-47-24-11-8-22-43(47)53-48(60)30-31-49-54(53)45-33-44-41-20-9-12-25-51(41)61-52(44)34-50(45)59(49)39-28-26-37(27-29-39)56-57-46-23-10-7-21-42(46)55(58-56)36-16-5-2-6-17-36;1-3-14-35(15-4-1)38-18-13-19-40(32-38)60-49-31-30-48-53(54(49)45-33-44-41-20-9-12-25-51(41)61-52(44)34-50(45)60)43-22-8-11-24-47(43)59(48)39-28-26-37(27-29-39)56-57-46-23-10-7-21-42(46)55(58-56)36-16-5-2-6-17-36/h2*1-34H. The Labute approximate surface area is 698 Å². The van der Waals surface area contributed by atoms with Crippen molar-refractivity contribution in [3.8, 4) is 90.3 Å². The number of fused-ring (bicyclic) bond motifs is 22. The van der Waals surface area contributed by atoms with Crippen molar-refractivity contribution in [3.63, 3.8) is 0 Å². The smallest absolute Gasteiger partial charge is 0.160 e. The van der Waals surface area contributed by atoms with Crippen molar-refractivity contribution in [3.05, 3.63) is 413 Å². The lowest BCUT2D eigenvalue weighted by atomic mass is 10.0.